The van der Waals surface area contributed by atoms with Gasteiger partial charge in [0.1, 0.15) is 5.82 Å². The number of aliphatic imine (C=N–C) groups is 1. The number of amides is 3. The van der Waals surface area contributed by atoms with Crippen LogP contribution in [0.1, 0.15) is 18.9 Å². The second-order valence-electron chi connectivity index (χ2n) is 8.22. The molecule has 2 unspecified atom stereocenters. The maximum absolute atomic E-state index is 14.5. The van der Waals surface area contributed by atoms with E-state index in [-0.39, 0.29) is 17.8 Å². The van der Waals surface area contributed by atoms with Gasteiger partial charge in [-0.25, -0.2) is 14.2 Å². The van der Waals surface area contributed by atoms with Crippen LogP contribution in [0.15, 0.2) is 71.5 Å². The van der Waals surface area contributed by atoms with Gasteiger partial charge in [-0.15, -0.1) is 0 Å². The number of carbonyl (C=O) groups excluding carboxylic acids is 2. The topological polar surface area (TPSA) is 59.5 Å². The van der Waals surface area contributed by atoms with Crippen LogP contribution in [-0.2, 0) is 11.2 Å². The molecule has 2 aromatic rings. The van der Waals surface area contributed by atoms with E-state index in [9.17, 15) is 14.0 Å². The van der Waals surface area contributed by atoms with Crippen LogP contribution in [0.5, 0.6) is 0 Å². The van der Waals surface area contributed by atoms with E-state index >= 15 is 0 Å². The van der Waals surface area contributed by atoms with E-state index in [1.54, 1.807) is 41.2 Å². The molecule has 0 bridgehead atoms. The van der Waals surface area contributed by atoms with Crippen LogP contribution >= 0.6 is 0 Å². The Bertz CT molecular complexity index is 1130. The van der Waals surface area contributed by atoms with Crippen LogP contribution in [0, 0.1) is 5.82 Å². The van der Waals surface area contributed by atoms with Gasteiger partial charge < -0.3 is 9.80 Å². The molecule has 3 amide bonds. The summed E-state index contributed by atoms with van der Waals surface area (Å²) in [6.07, 6.45) is 2.62. The monoisotopic (exact) mass is 433 g/mol. The van der Waals surface area contributed by atoms with Crippen LogP contribution in [0.4, 0.5) is 14.9 Å². The van der Waals surface area contributed by atoms with E-state index in [1.807, 2.05) is 37.3 Å². The van der Waals surface area contributed by atoms with Crippen molar-refractivity contribution in [1.29, 1.82) is 0 Å². The normalized spacial score (nSPS) is 22.2. The number of likely N-dealkylation sites (N-methyl/N-ethyl adjacent to an activating group) is 1. The Morgan fingerprint density at radius 3 is 2.50 bits per heavy atom. The lowest BCUT2D eigenvalue weighted by molar-refractivity contribution is -0.136. The fraction of sp³-hybridized carbons (Fsp3) is 0.292. The van der Waals surface area contributed by atoms with Crippen molar-refractivity contribution in [3.05, 3.63) is 77.9 Å². The maximum atomic E-state index is 14.5. The van der Waals surface area contributed by atoms with Gasteiger partial charge in [-0.3, -0.25) is 14.6 Å². The van der Waals surface area contributed by atoms with Gasteiger partial charge in [0.2, 0.25) is 5.96 Å². The number of aryl methyl sites for hydroxylation is 1. The number of urea groups is 1. The fourth-order valence-electron chi connectivity index (χ4n) is 4.58. The molecule has 0 aromatic heterocycles. The molecule has 5 rings (SSSR count). The molecule has 0 saturated carbocycles. The standard InChI is InChI=1S/C24H24FN5O2/c1-16-15-29-20-21(26-23(29)30(16)19-13-7-6-12-18(19)25)27(2)24(32)28(22(20)31)14-8-11-17-9-4-3-5-10-17/h3-7,9-10,12-13,15,20-21H,8,11,14H2,1-2H3. The molecule has 32 heavy (non-hydrogen) atoms. The number of allylic oxidation sites excluding steroid dienone is 1. The molecule has 8 heteroatoms. The molecule has 1 fully saturated rings. The lowest BCUT2D eigenvalue weighted by atomic mass is 10.1. The average Bonchev–Trinajstić information content (AvgIpc) is 3.30. The lowest BCUT2D eigenvalue weighted by Gasteiger charge is -2.40. The maximum Gasteiger partial charge on any atom is 0.328 e. The zero-order valence-electron chi connectivity index (χ0n) is 18.0. The first-order chi connectivity index (χ1) is 15.5. The van der Waals surface area contributed by atoms with Crippen molar-refractivity contribution in [2.75, 3.05) is 18.5 Å². The molecule has 0 N–H and O–H groups in total. The minimum Gasteiger partial charge on any atom is -0.302 e. The van der Waals surface area contributed by atoms with Crippen molar-refractivity contribution in [3.63, 3.8) is 0 Å². The van der Waals surface area contributed by atoms with Gasteiger partial charge in [-0.1, -0.05) is 42.5 Å². The second kappa shape index (κ2) is 7.78. The SMILES string of the molecule is CC1=CN2C(=NC3C2C(=O)N(CCCc2ccccc2)C(=O)N3C)N1c1ccccc1F. The second-order valence-corrected chi connectivity index (χ2v) is 8.22. The van der Waals surface area contributed by atoms with Crippen molar-refractivity contribution in [3.8, 4) is 0 Å². The number of nitrogens with zero attached hydrogens (tertiary/aromatic N) is 5. The zero-order chi connectivity index (χ0) is 22.4. The highest BCUT2D eigenvalue weighted by molar-refractivity contribution is 6.09. The van der Waals surface area contributed by atoms with Crippen LogP contribution in [0.3, 0.4) is 0 Å². The third kappa shape index (κ3) is 3.14. The lowest BCUT2D eigenvalue weighted by Crippen LogP contribution is -2.64. The fourth-order valence-corrected chi connectivity index (χ4v) is 4.58. The molecule has 0 spiro atoms. The zero-order valence-corrected chi connectivity index (χ0v) is 18.0. The summed E-state index contributed by atoms with van der Waals surface area (Å²) in [6.45, 7) is 2.19. The van der Waals surface area contributed by atoms with E-state index in [1.165, 1.54) is 21.4 Å². The molecule has 0 radical (unpaired) electrons. The number of carbonyl (C=O) groups is 2. The summed E-state index contributed by atoms with van der Waals surface area (Å²) in [5.41, 5.74) is 2.29. The summed E-state index contributed by atoms with van der Waals surface area (Å²) >= 11 is 0. The van der Waals surface area contributed by atoms with E-state index in [0.29, 0.717) is 24.6 Å². The van der Waals surface area contributed by atoms with Crippen molar-refractivity contribution >= 4 is 23.6 Å². The van der Waals surface area contributed by atoms with Crippen molar-refractivity contribution in [1.82, 2.24) is 14.7 Å². The minimum absolute atomic E-state index is 0.274. The summed E-state index contributed by atoms with van der Waals surface area (Å²) < 4.78 is 14.5. The number of fused-ring (bicyclic) bond motifs is 3. The van der Waals surface area contributed by atoms with E-state index in [0.717, 1.165) is 12.1 Å². The van der Waals surface area contributed by atoms with Gasteiger partial charge in [0.05, 0.1) is 5.69 Å². The predicted molar refractivity (Wildman–Crippen MR) is 119 cm³/mol. The third-order valence-electron chi connectivity index (χ3n) is 6.17. The summed E-state index contributed by atoms with van der Waals surface area (Å²) in [5.74, 6) is -0.191. The number of guanidine groups is 1. The Hall–Kier alpha value is -3.68. The molecule has 0 aliphatic carbocycles. The number of anilines is 1. The van der Waals surface area contributed by atoms with Crippen molar-refractivity contribution in [2.24, 2.45) is 4.99 Å². The molecule has 2 aromatic carbocycles. The number of halogens is 1. The highest BCUT2D eigenvalue weighted by Gasteiger charge is 2.54. The summed E-state index contributed by atoms with van der Waals surface area (Å²) in [6, 6.07) is 15.4. The van der Waals surface area contributed by atoms with E-state index < -0.39 is 12.2 Å². The molecule has 7 nitrogen and oxygen atoms in total. The Labute approximate surface area is 186 Å². The van der Waals surface area contributed by atoms with Gasteiger partial charge in [0.15, 0.2) is 12.2 Å². The summed E-state index contributed by atoms with van der Waals surface area (Å²) in [5, 5.41) is 0. The number of rotatable bonds is 5. The molecule has 3 heterocycles. The van der Waals surface area contributed by atoms with Crippen molar-refractivity contribution < 1.29 is 14.0 Å². The van der Waals surface area contributed by atoms with Crippen LogP contribution in [-0.4, -0.2) is 58.4 Å². The summed E-state index contributed by atoms with van der Waals surface area (Å²) in [7, 11) is 1.66. The van der Waals surface area contributed by atoms with Gasteiger partial charge in [0, 0.05) is 25.5 Å². The van der Waals surface area contributed by atoms with Crippen molar-refractivity contribution in [2.45, 2.75) is 32.0 Å². The third-order valence-corrected chi connectivity index (χ3v) is 6.17. The van der Waals surface area contributed by atoms with Gasteiger partial charge >= 0.3 is 6.03 Å². The molecule has 164 valence electrons. The Morgan fingerprint density at radius 2 is 1.75 bits per heavy atom. The Balaban J connectivity index is 1.38. The predicted octanol–water partition coefficient (Wildman–Crippen LogP) is 3.40. The largest absolute Gasteiger partial charge is 0.328 e. The minimum atomic E-state index is -0.656. The first kappa shape index (κ1) is 20.2. The molecular weight excluding hydrogens is 409 g/mol. The van der Waals surface area contributed by atoms with E-state index in [4.69, 9.17) is 0 Å². The Kier molecular flexibility index (Phi) is 4.92. The van der Waals surface area contributed by atoms with E-state index in [2.05, 4.69) is 4.99 Å². The number of hydrogen-bond donors (Lipinski definition) is 0. The Morgan fingerprint density at radius 1 is 1.03 bits per heavy atom. The highest BCUT2D eigenvalue weighted by atomic mass is 19.1. The van der Waals surface area contributed by atoms with Crippen LogP contribution in [0.25, 0.3) is 0 Å². The average molecular weight is 433 g/mol. The van der Waals surface area contributed by atoms with Gasteiger partial charge in [-0.2, -0.15) is 0 Å². The van der Waals surface area contributed by atoms with Gasteiger partial charge in [0.25, 0.3) is 5.91 Å². The number of hydrogen-bond acceptors (Lipinski definition) is 5. The molecular formula is C24H24FN5O2. The molecule has 3 aliphatic heterocycles. The first-order valence-electron chi connectivity index (χ1n) is 10.7. The first-order valence-corrected chi connectivity index (χ1v) is 10.7. The number of imide groups is 1. The van der Waals surface area contributed by atoms with Crippen LogP contribution in [0.2, 0.25) is 0 Å². The molecule has 3 aliphatic rings. The quantitative estimate of drug-likeness (QED) is 0.725. The molecule has 1 saturated heterocycles. The molecule has 2 atom stereocenters. The van der Waals surface area contributed by atoms with Gasteiger partial charge in [-0.05, 0) is 37.5 Å². The number of para-hydroxylation sites is 1. The smallest absolute Gasteiger partial charge is 0.302 e. The highest BCUT2D eigenvalue weighted by Crippen LogP contribution is 2.37. The number of benzene rings is 2. The van der Waals surface area contributed by atoms with Crippen LogP contribution < -0.4 is 4.90 Å². The summed E-state index contributed by atoms with van der Waals surface area (Å²) in [4.78, 5) is 37.3.